The summed E-state index contributed by atoms with van der Waals surface area (Å²) in [6.07, 6.45) is 0. The summed E-state index contributed by atoms with van der Waals surface area (Å²) in [6, 6.07) is 20.7. The molecular formula is C28H23ClN8O10S4. The van der Waals surface area contributed by atoms with Gasteiger partial charge in [0.2, 0.25) is 17.2 Å². The minimum atomic E-state index is -4.90. The molecule has 0 amide bonds. The first-order chi connectivity index (χ1) is 24.2. The molecule has 1 heterocycles. The van der Waals surface area contributed by atoms with Gasteiger partial charge in [0.25, 0.3) is 10.1 Å². The molecule has 51 heavy (non-hydrogen) atoms. The number of hydrogen-bond acceptors (Lipinski definition) is 16. The molecule has 0 saturated heterocycles. The first-order valence-electron chi connectivity index (χ1n) is 13.9. The molecule has 4 aromatic carbocycles. The van der Waals surface area contributed by atoms with E-state index in [1.165, 1.54) is 24.3 Å². The Kier molecular flexibility index (Phi) is 12.4. The summed E-state index contributed by atoms with van der Waals surface area (Å²) in [4.78, 5) is 21.2. The van der Waals surface area contributed by atoms with E-state index in [2.05, 4.69) is 57.6 Å². The highest BCUT2D eigenvalue weighted by Gasteiger charge is 2.22. The monoisotopic (exact) mass is 794 g/mol. The summed E-state index contributed by atoms with van der Waals surface area (Å²) >= 11 is 11.2. The Labute approximate surface area is 304 Å². The molecular weight excluding hydrogens is 772 g/mol. The molecule has 5 aromatic rings. The van der Waals surface area contributed by atoms with E-state index in [0.29, 0.717) is 16.3 Å². The van der Waals surface area contributed by atoms with Gasteiger partial charge in [0.05, 0.1) is 30.0 Å². The van der Waals surface area contributed by atoms with Crippen LogP contribution in [0.25, 0.3) is 10.8 Å². The van der Waals surface area contributed by atoms with Crippen molar-refractivity contribution in [3.8, 4) is 5.75 Å². The van der Waals surface area contributed by atoms with Gasteiger partial charge in [-0.2, -0.15) is 41.2 Å². The van der Waals surface area contributed by atoms with E-state index in [4.69, 9.17) is 25.4 Å². The molecule has 0 bridgehead atoms. The lowest BCUT2D eigenvalue weighted by atomic mass is 10.1. The average molecular weight is 795 g/mol. The van der Waals surface area contributed by atoms with E-state index >= 15 is 0 Å². The van der Waals surface area contributed by atoms with Crippen LogP contribution >= 0.6 is 36.3 Å². The van der Waals surface area contributed by atoms with Crippen LogP contribution in [0.3, 0.4) is 0 Å². The predicted molar refractivity (Wildman–Crippen MR) is 191 cm³/mol. The van der Waals surface area contributed by atoms with Crippen molar-refractivity contribution in [3.63, 3.8) is 0 Å². The third-order valence-corrected chi connectivity index (χ3v) is 8.43. The second-order valence-corrected chi connectivity index (χ2v) is 13.7. The number of benzene rings is 4. The van der Waals surface area contributed by atoms with Crippen LogP contribution in [0.4, 0.5) is 34.6 Å². The lowest BCUT2D eigenvalue weighted by Gasteiger charge is -2.11. The van der Waals surface area contributed by atoms with Gasteiger partial charge < -0.3 is 15.7 Å². The van der Waals surface area contributed by atoms with E-state index < -0.39 is 43.5 Å². The Balaban J connectivity index is 1.31. The van der Waals surface area contributed by atoms with Crippen molar-refractivity contribution in [1.82, 2.24) is 15.0 Å². The number of aliphatic imine (C=N–C) groups is 1. The summed E-state index contributed by atoms with van der Waals surface area (Å²) < 4.78 is 73.1. The number of aromatic nitrogens is 3. The number of aromatic hydroxyl groups is 1. The van der Waals surface area contributed by atoms with E-state index in [-0.39, 0.29) is 45.4 Å². The molecule has 23 heteroatoms. The number of nitrogens with one attached hydrogen (secondary N) is 2. The standard InChI is InChI=1S/C28H23ClN8O10S4/c29-25-32-26(34-27(33-25)35-28(48)31-17-4-2-1-3-5-17)30-19-8-11-21-16(14-19)15-22(50(39,40)41)23(24(21)38)37-36-18-6-9-20(10-7-18)49-47-45-12-13-46-51(42,43)44/h1-11,14-15,38H,12-13H2,(H,39,40,41)(H,42,43,44)(H3,30,31,32,33,34,35,48). The molecule has 5 N–H and O–H groups in total. The van der Waals surface area contributed by atoms with Gasteiger partial charge in [-0.05, 0) is 77.7 Å². The third-order valence-electron chi connectivity index (χ3n) is 6.09. The SMILES string of the molecule is O=S(=O)(O)OCCOOSc1ccc(N=Nc2c(S(=O)(=O)O)cc3cc(Nc4nc(Cl)nc(NC(S)=Nc5ccccc5)n4)ccc3c2O)cc1. The molecule has 1 aromatic heterocycles. The number of para-hydroxylation sites is 1. The minimum absolute atomic E-state index is 0.0103. The number of azo groups is 1. The summed E-state index contributed by atoms with van der Waals surface area (Å²) in [5.41, 5.74) is 0.724. The van der Waals surface area contributed by atoms with Crippen molar-refractivity contribution in [2.75, 3.05) is 23.8 Å². The molecule has 0 aliphatic rings. The molecule has 0 aliphatic heterocycles. The van der Waals surface area contributed by atoms with Crippen LogP contribution in [0, 0.1) is 0 Å². The Hall–Kier alpha value is -4.49. The molecule has 266 valence electrons. The van der Waals surface area contributed by atoms with Crippen LogP contribution in [0.5, 0.6) is 5.75 Å². The third kappa shape index (κ3) is 11.3. The zero-order valence-corrected chi connectivity index (χ0v) is 29.5. The zero-order chi connectivity index (χ0) is 36.6. The summed E-state index contributed by atoms with van der Waals surface area (Å²) in [5, 5.41) is 25.1. The number of amidine groups is 1. The van der Waals surface area contributed by atoms with Gasteiger partial charge in [-0.15, -0.1) is 17.7 Å². The van der Waals surface area contributed by atoms with E-state index in [0.717, 1.165) is 18.1 Å². The van der Waals surface area contributed by atoms with Crippen LogP contribution < -0.4 is 10.6 Å². The largest absolute Gasteiger partial charge is 0.505 e. The highest BCUT2D eigenvalue weighted by Crippen LogP contribution is 2.42. The van der Waals surface area contributed by atoms with Crippen LogP contribution in [-0.2, 0) is 33.9 Å². The van der Waals surface area contributed by atoms with Crippen LogP contribution in [0.2, 0.25) is 5.28 Å². The lowest BCUT2D eigenvalue weighted by molar-refractivity contribution is -0.195. The molecule has 0 radical (unpaired) electrons. The Morgan fingerprint density at radius 2 is 1.61 bits per heavy atom. The van der Waals surface area contributed by atoms with Gasteiger partial charge in [0.1, 0.15) is 17.2 Å². The molecule has 18 nitrogen and oxygen atoms in total. The van der Waals surface area contributed by atoms with E-state index in [9.17, 15) is 26.5 Å². The highest BCUT2D eigenvalue weighted by atomic mass is 35.5. The fourth-order valence-corrected chi connectivity index (χ4v) is 5.77. The second kappa shape index (κ2) is 16.7. The Morgan fingerprint density at radius 3 is 2.31 bits per heavy atom. The fourth-order valence-electron chi connectivity index (χ4n) is 4.01. The number of thiol groups is 1. The molecule has 0 atom stereocenters. The first kappa shape index (κ1) is 37.8. The molecule has 0 fully saturated rings. The van der Waals surface area contributed by atoms with Crippen molar-refractivity contribution < 1.29 is 44.5 Å². The van der Waals surface area contributed by atoms with Crippen LogP contribution in [-0.4, -0.2) is 64.4 Å². The number of fused-ring (bicyclic) bond motifs is 1. The van der Waals surface area contributed by atoms with Gasteiger partial charge in [-0.3, -0.25) is 9.11 Å². The zero-order valence-electron chi connectivity index (χ0n) is 25.4. The molecule has 0 unspecified atom stereocenters. The lowest BCUT2D eigenvalue weighted by Crippen LogP contribution is -2.10. The summed E-state index contributed by atoms with van der Waals surface area (Å²) in [5.74, 6) is -0.530. The quantitative estimate of drug-likeness (QED) is 0.00797. The maximum atomic E-state index is 12.4. The number of rotatable bonds is 14. The Morgan fingerprint density at radius 1 is 0.882 bits per heavy atom. The molecule has 5 rings (SSSR count). The molecule has 0 spiro atoms. The minimum Gasteiger partial charge on any atom is -0.505 e. The smallest absolute Gasteiger partial charge is 0.397 e. The van der Waals surface area contributed by atoms with Gasteiger partial charge in [0.15, 0.2) is 10.9 Å². The molecule has 0 saturated carbocycles. The number of hydrogen-bond donors (Lipinski definition) is 6. The highest BCUT2D eigenvalue weighted by molar-refractivity contribution is 7.97. The number of phenols is 1. The summed E-state index contributed by atoms with van der Waals surface area (Å²) in [7, 11) is -9.49. The van der Waals surface area contributed by atoms with Crippen molar-refractivity contribution in [2.45, 2.75) is 9.79 Å². The van der Waals surface area contributed by atoms with Gasteiger partial charge >= 0.3 is 10.4 Å². The van der Waals surface area contributed by atoms with E-state index in [1.54, 1.807) is 30.3 Å². The second-order valence-electron chi connectivity index (χ2n) is 9.67. The maximum absolute atomic E-state index is 12.4. The first-order valence-corrected chi connectivity index (χ1v) is 18.3. The van der Waals surface area contributed by atoms with Crippen molar-refractivity contribution in [2.24, 2.45) is 15.2 Å². The molecule has 0 aliphatic carbocycles. The fraction of sp³-hybridized carbons (Fsp3) is 0.0714. The van der Waals surface area contributed by atoms with Gasteiger partial charge in [-0.1, -0.05) is 18.2 Å². The van der Waals surface area contributed by atoms with Gasteiger partial charge in [0, 0.05) is 16.0 Å². The van der Waals surface area contributed by atoms with Gasteiger partial charge in [-0.25, -0.2) is 14.1 Å². The van der Waals surface area contributed by atoms with Crippen molar-refractivity contribution in [1.29, 1.82) is 0 Å². The van der Waals surface area contributed by atoms with Crippen molar-refractivity contribution in [3.05, 3.63) is 84.1 Å². The normalized spacial score (nSPS) is 12.4. The Bertz CT molecular complexity index is 2320. The maximum Gasteiger partial charge on any atom is 0.397 e. The number of phenolic OH excluding ortho intramolecular Hbond substituents is 1. The number of anilines is 3. The predicted octanol–water partition coefficient (Wildman–Crippen LogP) is 6.59. The van der Waals surface area contributed by atoms with Crippen molar-refractivity contribution >= 4 is 107 Å². The topological polar surface area (TPSA) is 256 Å². The average Bonchev–Trinajstić information content (AvgIpc) is 3.05. The van der Waals surface area contributed by atoms with E-state index in [1.807, 2.05) is 18.2 Å². The number of nitrogens with zero attached hydrogens (tertiary/aromatic N) is 6. The number of halogens is 1. The van der Waals surface area contributed by atoms with Crippen LogP contribution in [0.15, 0.2) is 104 Å². The van der Waals surface area contributed by atoms with Crippen LogP contribution in [0.1, 0.15) is 0 Å². The summed E-state index contributed by atoms with van der Waals surface area (Å²) in [6.45, 7) is -0.763.